The fourth-order valence-electron chi connectivity index (χ4n) is 4.39. The Kier molecular flexibility index (Phi) is 6.65. The molecule has 1 atom stereocenters. The Balaban J connectivity index is 1.32. The number of rotatable bonds is 6. The van der Waals surface area contributed by atoms with Gasteiger partial charge in [-0.05, 0) is 38.8 Å². The quantitative estimate of drug-likeness (QED) is 0.707. The van der Waals surface area contributed by atoms with Gasteiger partial charge in [0.1, 0.15) is 0 Å². The number of piperazine rings is 1. The maximum Gasteiger partial charge on any atom is 0.254 e. The van der Waals surface area contributed by atoms with Gasteiger partial charge in [0.05, 0.1) is 6.04 Å². The van der Waals surface area contributed by atoms with Gasteiger partial charge in [-0.25, -0.2) is 0 Å². The highest BCUT2D eigenvalue weighted by atomic mass is 16.5. The summed E-state index contributed by atoms with van der Waals surface area (Å²) in [6.45, 7) is 8.42. The highest BCUT2D eigenvalue weighted by Gasteiger charge is 2.34. The molecule has 0 aliphatic carbocycles. The van der Waals surface area contributed by atoms with Crippen molar-refractivity contribution in [2.45, 2.75) is 51.6 Å². The Morgan fingerprint density at radius 2 is 1.84 bits per heavy atom. The minimum atomic E-state index is -0.176. The highest BCUT2D eigenvalue weighted by molar-refractivity contribution is 5.94. The molecule has 2 amide bonds. The molecule has 2 fully saturated rings. The van der Waals surface area contributed by atoms with Gasteiger partial charge in [-0.3, -0.25) is 14.5 Å². The van der Waals surface area contributed by atoms with Crippen molar-refractivity contribution in [1.29, 1.82) is 0 Å². The lowest BCUT2D eigenvalue weighted by Crippen LogP contribution is -2.50. The summed E-state index contributed by atoms with van der Waals surface area (Å²) in [6.07, 6.45) is 2.51. The van der Waals surface area contributed by atoms with Gasteiger partial charge >= 0.3 is 0 Å². The van der Waals surface area contributed by atoms with Crippen LogP contribution >= 0.6 is 0 Å². The molecule has 0 N–H and O–H groups in total. The van der Waals surface area contributed by atoms with E-state index in [0.29, 0.717) is 42.7 Å². The smallest absolute Gasteiger partial charge is 0.254 e. The zero-order chi connectivity index (χ0) is 21.8. The minimum absolute atomic E-state index is 0.00910. The van der Waals surface area contributed by atoms with Crippen molar-refractivity contribution in [3.8, 4) is 0 Å². The average molecular weight is 426 g/mol. The number of carbonyl (C=O) groups excluding carboxylic acids is 2. The second-order valence-electron chi connectivity index (χ2n) is 8.58. The summed E-state index contributed by atoms with van der Waals surface area (Å²) in [5.74, 6) is 1.12. The summed E-state index contributed by atoms with van der Waals surface area (Å²) >= 11 is 0. The Bertz CT molecular complexity index is 890. The molecular formula is C23H31N5O3. The minimum Gasteiger partial charge on any atom is -0.340 e. The molecule has 31 heavy (non-hydrogen) atoms. The summed E-state index contributed by atoms with van der Waals surface area (Å²) in [4.78, 5) is 36.1. The Labute approximate surface area is 183 Å². The first-order valence-corrected chi connectivity index (χ1v) is 11.2. The molecule has 8 heteroatoms. The van der Waals surface area contributed by atoms with E-state index in [1.165, 1.54) is 0 Å². The lowest BCUT2D eigenvalue weighted by molar-refractivity contribution is -0.133. The van der Waals surface area contributed by atoms with E-state index in [1.54, 1.807) is 0 Å². The van der Waals surface area contributed by atoms with Crippen molar-refractivity contribution >= 4 is 11.8 Å². The van der Waals surface area contributed by atoms with Crippen LogP contribution in [0.25, 0.3) is 0 Å². The first kappa shape index (κ1) is 21.5. The van der Waals surface area contributed by atoms with Gasteiger partial charge in [-0.15, -0.1) is 0 Å². The number of hydrogen-bond acceptors (Lipinski definition) is 6. The normalized spacial score (nSPS) is 19.9. The maximum atomic E-state index is 12.9. The van der Waals surface area contributed by atoms with Crippen molar-refractivity contribution < 1.29 is 14.1 Å². The predicted octanol–water partition coefficient (Wildman–Crippen LogP) is 2.53. The topological polar surface area (TPSA) is 82.8 Å². The van der Waals surface area contributed by atoms with E-state index < -0.39 is 0 Å². The molecule has 0 bridgehead atoms. The van der Waals surface area contributed by atoms with E-state index in [4.69, 9.17) is 4.52 Å². The van der Waals surface area contributed by atoms with Crippen LogP contribution in [0.4, 0.5) is 0 Å². The molecule has 0 saturated carbocycles. The summed E-state index contributed by atoms with van der Waals surface area (Å²) in [6, 6.07) is 9.62. The zero-order valence-electron chi connectivity index (χ0n) is 18.4. The van der Waals surface area contributed by atoms with Crippen molar-refractivity contribution in [2.75, 3.05) is 32.7 Å². The van der Waals surface area contributed by atoms with Gasteiger partial charge in [0, 0.05) is 57.2 Å². The molecule has 1 aromatic heterocycles. The second kappa shape index (κ2) is 9.60. The molecule has 0 spiro atoms. The van der Waals surface area contributed by atoms with Crippen molar-refractivity contribution in [2.24, 2.45) is 0 Å². The molecule has 0 radical (unpaired) electrons. The molecule has 2 aliphatic rings. The molecule has 2 aliphatic heterocycles. The van der Waals surface area contributed by atoms with E-state index in [0.717, 1.165) is 39.0 Å². The largest absolute Gasteiger partial charge is 0.340 e. The summed E-state index contributed by atoms with van der Waals surface area (Å²) in [5, 5.41) is 4.13. The van der Waals surface area contributed by atoms with Crippen LogP contribution in [-0.4, -0.2) is 75.4 Å². The fraction of sp³-hybridized carbons (Fsp3) is 0.565. The standard InChI is InChI=1S/C23H31N5O3/c1-17(2)26-13-15-27(16-14-26)21(29)11-10-20-24-22(25-31-20)19-9-6-12-28(19)23(30)18-7-4-3-5-8-18/h3-5,7-8,17,19H,6,9-16H2,1-2H3. The van der Waals surface area contributed by atoms with Gasteiger partial charge < -0.3 is 14.3 Å². The van der Waals surface area contributed by atoms with Crippen LogP contribution in [0.1, 0.15) is 61.2 Å². The first-order valence-electron chi connectivity index (χ1n) is 11.2. The number of benzene rings is 1. The average Bonchev–Trinajstić information content (AvgIpc) is 3.47. The van der Waals surface area contributed by atoms with Gasteiger partial charge in [0.25, 0.3) is 5.91 Å². The van der Waals surface area contributed by atoms with Crippen LogP contribution in [0, 0.1) is 0 Å². The van der Waals surface area contributed by atoms with Gasteiger partial charge in [-0.1, -0.05) is 23.4 Å². The third kappa shape index (κ3) is 4.95. The lowest BCUT2D eigenvalue weighted by Gasteiger charge is -2.36. The number of carbonyl (C=O) groups is 2. The summed E-state index contributed by atoms with van der Waals surface area (Å²) in [5.41, 5.74) is 0.668. The Hall–Kier alpha value is -2.74. The highest BCUT2D eigenvalue weighted by Crippen LogP contribution is 2.31. The van der Waals surface area contributed by atoms with Crippen molar-refractivity contribution in [3.63, 3.8) is 0 Å². The van der Waals surface area contributed by atoms with Gasteiger partial charge in [0.15, 0.2) is 5.82 Å². The van der Waals surface area contributed by atoms with Crippen LogP contribution in [0.5, 0.6) is 0 Å². The van der Waals surface area contributed by atoms with Crippen LogP contribution in [0.15, 0.2) is 34.9 Å². The zero-order valence-corrected chi connectivity index (χ0v) is 18.4. The van der Waals surface area contributed by atoms with E-state index in [-0.39, 0.29) is 17.9 Å². The molecular weight excluding hydrogens is 394 g/mol. The molecule has 8 nitrogen and oxygen atoms in total. The molecule has 1 unspecified atom stereocenters. The fourth-order valence-corrected chi connectivity index (χ4v) is 4.39. The molecule has 2 saturated heterocycles. The molecule has 166 valence electrons. The van der Waals surface area contributed by atoms with Crippen LogP contribution < -0.4 is 0 Å². The van der Waals surface area contributed by atoms with Crippen LogP contribution in [0.2, 0.25) is 0 Å². The van der Waals surface area contributed by atoms with Crippen LogP contribution in [-0.2, 0) is 11.2 Å². The predicted molar refractivity (Wildman–Crippen MR) is 115 cm³/mol. The Morgan fingerprint density at radius 1 is 1.10 bits per heavy atom. The summed E-state index contributed by atoms with van der Waals surface area (Å²) in [7, 11) is 0. The maximum absolute atomic E-state index is 12.9. The number of hydrogen-bond donors (Lipinski definition) is 0. The van der Waals surface area contributed by atoms with E-state index in [9.17, 15) is 9.59 Å². The number of amides is 2. The van der Waals surface area contributed by atoms with Crippen molar-refractivity contribution in [1.82, 2.24) is 24.8 Å². The number of aryl methyl sites for hydroxylation is 1. The van der Waals surface area contributed by atoms with E-state index in [2.05, 4.69) is 28.9 Å². The first-order chi connectivity index (χ1) is 15.0. The van der Waals surface area contributed by atoms with Crippen LogP contribution in [0.3, 0.4) is 0 Å². The summed E-state index contributed by atoms with van der Waals surface area (Å²) < 4.78 is 5.42. The molecule has 3 heterocycles. The van der Waals surface area contributed by atoms with Crippen molar-refractivity contribution in [3.05, 3.63) is 47.6 Å². The number of likely N-dealkylation sites (tertiary alicyclic amines) is 1. The Morgan fingerprint density at radius 3 is 2.55 bits per heavy atom. The monoisotopic (exact) mass is 425 g/mol. The third-order valence-corrected chi connectivity index (χ3v) is 6.27. The lowest BCUT2D eigenvalue weighted by atomic mass is 10.1. The van der Waals surface area contributed by atoms with Gasteiger partial charge in [-0.2, -0.15) is 4.98 Å². The molecule has 1 aromatic carbocycles. The van der Waals surface area contributed by atoms with E-state index in [1.807, 2.05) is 40.1 Å². The van der Waals surface area contributed by atoms with Gasteiger partial charge in [0.2, 0.25) is 11.8 Å². The van der Waals surface area contributed by atoms with E-state index >= 15 is 0 Å². The SMILES string of the molecule is CC(C)N1CCN(C(=O)CCc2nc(C3CCCN3C(=O)c3ccccc3)no2)CC1. The second-order valence-corrected chi connectivity index (χ2v) is 8.58. The third-order valence-electron chi connectivity index (χ3n) is 6.27. The molecule has 4 rings (SSSR count). The number of aromatic nitrogens is 2. The molecule has 2 aromatic rings. The number of nitrogens with zero attached hydrogens (tertiary/aromatic N) is 5.